The molecule has 2 unspecified atom stereocenters. The number of methoxy groups -OCH3 is 1. The molecule has 2 atom stereocenters. The molecule has 0 radical (unpaired) electrons. The highest BCUT2D eigenvalue weighted by Gasteiger charge is 2.26. The monoisotopic (exact) mass is 255 g/mol. The topological polar surface area (TPSA) is 52.3 Å². The number of halogens is 1. The Kier molecular flexibility index (Phi) is 6.01. The number of hydrogen-bond acceptors (Lipinski definition) is 3. The summed E-state index contributed by atoms with van der Waals surface area (Å²) in [6.07, 6.45) is 1.40. The Labute approximate surface area is 107 Å². The fourth-order valence-corrected chi connectivity index (χ4v) is 1.95. The van der Waals surface area contributed by atoms with E-state index in [1.807, 2.05) is 30.3 Å². The summed E-state index contributed by atoms with van der Waals surface area (Å²) in [5.41, 5.74) is 7.05. The van der Waals surface area contributed by atoms with Crippen LogP contribution in [0.15, 0.2) is 30.3 Å². The van der Waals surface area contributed by atoms with E-state index < -0.39 is 0 Å². The van der Waals surface area contributed by atoms with Crippen LogP contribution in [0.5, 0.6) is 0 Å². The van der Waals surface area contributed by atoms with Crippen molar-refractivity contribution >= 4 is 17.6 Å². The van der Waals surface area contributed by atoms with E-state index in [4.69, 9.17) is 22.1 Å². The second-order valence-electron chi connectivity index (χ2n) is 3.90. The van der Waals surface area contributed by atoms with Crippen LogP contribution in [0, 0.1) is 5.92 Å². The molecule has 0 spiro atoms. The summed E-state index contributed by atoms with van der Waals surface area (Å²) in [6.45, 7) is 0. The van der Waals surface area contributed by atoms with E-state index >= 15 is 0 Å². The van der Waals surface area contributed by atoms with Crippen LogP contribution in [-0.2, 0) is 9.53 Å². The van der Waals surface area contributed by atoms with Crippen molar-refractivity contribution in [2.45, 2.75) is 18.9 Å². The number of hydrogen-bond donors (Lipinski definition) is 1. The molecule has 0 amide bonds. The number of carbonyl (C=O) groups excluding carboxylic acids is 1. The molecule has 0 saturated heterocycles. The van der Waals surface area contributed by atoms with Crippen molar-refractivity contribution in [1.82, 2.24) is 0 Å². The molecule has 0 fully saturated rings. The molecule has 0 bridgehead atoms. The van der Waals surface area contributed by atoms with Gasteiger partial charge >= 0.3 is 5.97 Å². The van der Waals surface area contributed by atoms with Crippen LogP contribution in [0.3, 0.4) is 0 Å². The molecule has 0 aliphatic carbocycles. The summed E-state index contributed by atoms with van der Waals surface area (Å²) < 4.78 is 4.79. The van der Waals surface area contributed by atoms with E-state index in [0.29, 0.717) is 12.3 Å². The van der Waals surface area contributed by atoms with Crippen LogP contribution in [0.1, 0.15) is 24.4 Å². The van der Waals surface area contributed by atoms with Crippen LogP contribution in [0.4, 0.5) is 0 Å². The van der Waals surface area contributed by atoms with E-state index in [1.165, 1.54) is 7.11 Å². The zero-order valence-electron chi connectivity index (χ0n) is 9.93. The Balaban J connectivity index is 2.78. The van der Waals surface area contributed by atoms with Gasteiger partial charge in [0.2, 0.25) is 0 Å². The number of nitrogens with two attached hydrogens (primary N) is 1. The van der Waals surface area contributed by atoms with Crippen molar-refractivity contribution in [2.24, 2.45) is 11.7 Å². The van der Waals surface area contributed by atoms with E-state index in [9.17, 15) is 4.79 Å². The van der Waals surface area contributed by atoms with Crippen LogP contribution >= 0.6 is 11.6 Å². The van der Waals surface area contributed by atoms with Gasteiger partial charge in [0, 0.05) is 11.9 Å². The maximum Gasteiger partial charge on any atom is 0.310 e. The summed E-state index contributed by atoms with van der Waals surface area (Å²) >= 11 is 5.65. The Bertz CT molecular complexity index is 343. The van der Waals surface area contributed by atoms with Gasteiger partial charge in [-0.3, -0.25) is 4.79 Å². The summed E-state index contributed by atoms with van der Waals surface area (Å²) in [5, 5.41) is 0. The van der Waals surface area contributed by atoms with Crippen LogP contribution in [0.2, 0.25) is 0 Å². The van der Waals surface area contributed by atoms with Gasteiger partial charge in [0.05, 0.1) is 13.0 Å². The van der Waals surface area contributed by atoms with Gasteiger partial charge < -0.3 is 10.5 Å². The number of alkyl halides is 1. The average molecular weight is 256 g/mol. The molecule has 0 aromatic heterocycles. The van der Waals surface area contributed by atoms with Gasteiger partial charge in [-0.2, -0.15) is 0 Å². The lowest BCUT2D eigenvalue weighted by Crippen LogP contribution is -2.29. The minimum Gasteiger partial charge on any atom is -0.469 e. The molecule has 0 saturated carbocycles. The molecule has 4 heteroatoms. The highest BCUT2D eigenvalue weighted by atomic mass is 35.5. The van der Waals surface area contributed by atoms with Crippen molar-refractivity contribution in [1.29, 1.82) is 0 Å². The lowest BCUT2D eigenvalue weighted by molar-refractivity contribution is -0.146. The zero-order valence-corrected chi connectivity index (χ0v) is 10.7. The van der Waals surface area contributed by atoms with E-state index in [2.05, 4.69) is 0 Å². The summed E-state index contributed by atoms with van der Waals surface area (Å²) in [5.74, 6) is -0.0812. The van der Waals surface area contributed by atoms with Gasteiger partial charge in [-0.15, -0.1) is 11.6 Å². The zero-order chi connectivity index (χ0) is 12.7. The van der Waals surface area contributed by atoms with Crippen molar-refractivity contribution in [3.63, 3.8) is 0 Å². The minimum atomic E-state index is -0.341. The average Bonchev–Trinajstić information content (AvgIpc) is 2.39. The largest absolute Gasteiger partial charge is 0.469 e. The van der Waals surface area contributed by atoms with Gasteiger partial charge in [0.15, 0.2) is 0 Å². The van der Waals surface area contributed by atoms with Gasteiger partial charge in [0.1, 0.15) is 0 Å². The lowest BCUT2D eigenvalue weighted by atomic mass is 9.90. The van der Waals surface area contributed by atoms with Crippen molar-refractivity contribution < 1.29 is 9.53 Å². The lowest BCUT2D eigenvalue weighted by Gasteiger charge is -2.21. The first-order chi connectivity index (χ1) is 8.20. The Morgan fingerprint density at radius 1 is 1.41 bits per heavy atom. The molecule has 1 rings (SSSR count). The SMILES string of the molecule is COC(=O)C(CCCCl)C(N)c1ccccc1. The maximum absolute atomic E-state index is 11.7. The molecule has 0 aliphatic heterocycles. The molecular weight excluding hydrogens is 238 g/mol. The highest BCUT2D eigenvalue weighted by molar-refractivity contribution is 6.17. The Morgan fingerprint density at radius 2 is 2.06 bits per heavy atom. The van der Waals surface area contributed by atoms with Gasteiger partial charge in [0.25, 0.3) is 0 Å². The first-order valence-corrected chi connectivity index (χ1v) is 6.18. The quantitative estimate of drug-likeness (QED) is 0.628. The number of carbonyl (C=O) groups is 1. The Hall–Kier alpha value is -1.06. The predicted octanol–water partition coefficient (Wildman–Crippen LogP) is 2.49. The molecule has 17 heavy (non-hydrogen) atoms. The second-order valence-corrected chi connectivity index (χ2v) is 4.28. The fraction of sp³-hybridized carbons (Fsp3) is 0.462. The molecule has 94 valence electrons. The number of benzene rings is 1. The molecule has 1 aromatic carbocycles. The number of esters is 1. The van der Waals surface area contributed by atoms with Crippen LogP contribution < -0.4 is 5.73 Å². The molecule has 0 aliphatic rings. The Morgan fingerprint density at radius 3 is 2.59 bits per heavy atom. The third-order valence-electron chi connectivity index (χ3n) is 2.77. The summed E-state index contributed by atoms with van der Waals surface area (Å²) in [4.78, 5) is 11.7. The van der Waals surface area contributed by atoms with Gasteiger partial charge in [-0.25, -0.2) is 0 Å². The molecule has 2 N–H and O–H groups in total. The number of rotatable bonds is 6. The maximum atomic E-state index is 11.7. The van der Waals surface area contributed by atoms with Crippen LogP contribution in [-0.4, -0.2) is 19.0 Å². The minimum absolute atomic E-state index is 0.272. The normalized spacial score (nSPS) is 14.1. The fourth-order valence-electron chi connectivity index (χ4n) is 1.80. The summed E-state index contributed by atoms with van der Waals surface area (Å²) in [6, 6.07) is 9.23. The smallest absolute Gasteiger partial charge is 0.310 e. The summed E-state index contributed by atoms with van der Waals surface area (Å²) in [7, 11) is 1.38. The second kappa shape index (κ2) is 7.30. The third-order valence-corrected chi connectivity index (χ3v) is 3.04. The van der Waals surface area contributed by atoms with Gasteiger partial charge in [-0.1, -0.05) is 30.3 Å². The molecule has 3 nitrogen and oxygen atoms in total. The van der Waals surface area contributed by atoms with Crippen molar-refractivity contribution in [3.8, 4) is 0 Å². The third kappa shape index (κ3) is 4.02. The molecule has 0 heterocycles. The van der Waals surface area contributed by atoms with E-state index in [0.717, 1.165) is 12.0 Å². The van der Waals surface area contributed by atoms with E-state index in [-0.39, 0.29) is 17.9 Å². The van der Waals surface area contributed by atoms with Crippen LogP contribution in [0.25, 0.3) is 0 Å². The van der Waals surface area contributed by atoms with Crippen molar-refractivity contribution in [3.05, 3.63) is 35.9 Å². The van der Waals surface area contributed by atoms with E-state index in [1.54, 1.807) is 0 Å². The molecule has 1 aromatic rings. The standard InChI is InChI=1S/C13H18ClNO2/c1-17-13(16)11(8-5-9-14)12(15)10-6-3-2-4-7-10/h2-4,6-7,11-12H,5,8-9,15H2,1H3. The first-order valence-electron chi connectivity index (χ1n) is 5.65. The van der Waals surface area contributed by atoms with Gasteiger partial charge in [-0.05, 0) is 18.4 Å². The van der Waals surface area contributed by atoms with Crippen molar-refractivity contribution in [2.75, 3.05) is 13.0 Å². The predicted molar refractivity (Wildman–Crippen MR) is 68.8 cm³/mol. The highest BCUT2D eigenvalue weighted by Crippen LogP contribution is 2.24. The molecular formula is C13H18ClNO2. The number of ether oxygens (including phenoxy) is 1. The first kappa shape index (κ1) is 14.0.